The minimum atomic E-state index is 0.711. The molecule has 0 N–H and O–H groups in total. The van der Waals surface area contributed by atoms with Crippen molar-refractivity contribution in [3.63, 3.8) is 0 Å². The van der Waals surface area contributed by atoms with Crippen molar-refractivity contribution in [3.8, 4) is 0 Å². The van der Waals surface area contributed by atoms with Gasteiger partial charge >= 0.3 is 0 Å². The van der Waals surface area contributed by atoms with Crippen molar-refractivity contribution in [1.29, 1.82) is 0 Å². The lowest BCUT2D eigenvalue weighted by Crippen LogP contribution is -2.43. The molecule has 1 aliphatic heterocycles. The van der Waals surface area contributed by atoms with E-state index in [4.69, 9.17) is 4.74 Å². The molecule has 1 aliphatic carbocycles. The van der Waals surface area contributed by atoms with Gasteiger partial charge in [0.2, 0.25) is 0 Å². The minimum absolute atomic E-state index is 0.711. The summed E-state index contributed by atoms with van der Waals surface area (Å²) >= 11 is 0. The molecule has 0 radical (unpaired) electrons. The van der Waals surface area contributed by atoms with E-state index in [2.05, 4.69) is 17.1 Å². The Labute approximate surface area is 74.2 Å². The van der Waals surface area contributed by atoms with E-state index in [1.807, 2.05) is 0 Å². The minimum Gasteiger partial charge on any atom is -0.379 e. The summed E-state index contributed by atoms with van der Waals surface area (Å²) in [5, 5.41) is 0. The molecule has 2 heteroatoms. The Hall–Kier alpha value is -0.340. The summed E-state index contributed by atoms with van der Waals surface area (Å²) in [7, 11) is 0. The summed E-state index contributed by atoms with van der Waals surface area (Å²) in [6, 6.07) is 0.711. The number of hydrogen-bond donors (Lipinski definition) is 0. The standard InChI is InChI=1S/C10H17NO/c1-2-4-10(5-3-1)11-6-8-12-9-7-11/h2,4,10H,1,3,5-9H2/t10-/m0/s1. The van der Waals surface area contributed by atoms with Crippen LogP contribution in [0.15, 0.2) is 12.2 Å². The molecule has 68 valence electrons. The maximum Gasteiger partial charge on any atom is 0.0594 e. The largest absolute Gasteiger partial charge is 0.379 e. The summed E-state index contributed by atoms with van der Waals surface area (Å²) < 4.78 is 5.32. The number of rotatable bonds is 1. The maximum atomic E-state index is 5.32. The van der Waals surface area contributed by atoms with Crippen molar-refractivity contribution in [2.75, 3.05) is 26.3 Å². The van der Waals surface area contributed by atoms with Crippen LogP contribution < -0.4 is 0 Å². The molecule has 12 heavy (non-hydrogen) atoms. The fourth-order valence-corrected chi connectivity index (χ4v) is 2.01. The monoisotopic (exact) mass is 167 g/mol. The topological polar surface area (TPSA) is 12.5 Å². The van der Waals surface area contributed by atoms with E-state index in [0.717, 1.165) is 26.3 Å². The second-order valence-electron chi connectivity index (χ2n) is 3.57. The van der Waals surface area contributed by atoms with Crippen LogP contribution in [-0.2, 0) is 4.74 Å². The highest BCUT2D eigenvalue weighted by atomic mass is 16.5. The van der Waals surface area contributed by atoms with Crippen molar-refractivity contribution in [1.82, 2.24) is 4.90 Å². The van der Waals surface area contributed by atoms with Gasteiger partial charge in [0, 0.05) is 19.1 Å². The van der Waals surface area contributed by atoms with Gasteiger partial charge in [-0.2, -0.15) is 0 Å². The maximum absolute atomic E-state index is 5.32. The van der Waals surface area contributed by atoms with Crippen molar-refractivity contribution in [3.05, 3.63) is 12.2 Å². The molecule has 1 heterocycles. The molecular weight excluding hydrogens is 150 g/mol. The highest BCUT2D eigenvalue weighted by Gasteiger charge is 2.19. The van der Waals surface area contributed by atoms with Gasteiger partial charge in [-0.25, -0.2) is 0 Å². The Morgan fingerprint density at radius 2 is 2.08 bits per heavy atom. The quantitative estimate of drug-likeness (QED) is 0.548. The van der Waals surface area contributed by atoms with Gasteiger partial charge in [-0.1, -0.05) is 12.2 Å². The smallest absolute Gasteiger partial charge is 0.0594 e. The first-order chi connectivity index (χ1) is 5.97. The van der Waals surface area contributed by atoms with Gasteiger partial charge in [0.15, 0.2) is 0 Å². The summed E-state index contributed by atoms with van der Waals surface area (Å²) in [5.41, 5.74) is 0. The Kier molecular flexibility index (Phi) is 2.79. The zero-order valence-corrected chi connectivity index (χ0v) is 7.54. The van der Waals surface area contributed by atoms with E-state index in [9.17, 15) is 0 Å². The number of hydrogen-bond acceptors (Lipinski definition) is 2. The van der Waals surface area contributed by atoms with Crippen molar-refractivity contribution < 1.29 is 4.74 Å². The molecule has 0 unspecified atom stereocenters. The van der Waals surface area contributed by atoms with Crippen molar-refractivity contribution in [2.24, 2.45) is 0 Å². The lowest BCUT2D eigenvalue weighted by Gasteiger charge is -2.34. The molecule has 2 aliphatic rings. The molecule has 1 fully saturated rings. The summed E-state index contributed by atoms with van der Waals surface area (Å²) in [6.45, 7) is 4.08. The molecule has 0 saturated carbocycles. The molecule has 0 bridgehead atoms. The van der Waals surface area contributed by atoms with Crippen molar-refractivity contribution >= 4 is 0 Å². The van der Waals surface area contributed by atoms with Crippen LogP contribution in [0, 0.1) is 0 Å². The molecule has 1 atom stereocenters. The molecule has 0 aromatic carbocycles. The average Bonchev–Trinajstić information content (AvgIpc) is 2.21. The van der Waals surface area contributed by atoms with Crippen LogP contribution >= 0.6 is 0 Å². The van der Waals surface area contributed by atoms with E-state index in [1.54, 1.807) is 0 Å². The SMILES string of the molecule is C1=C[C@H](N2CCOCC2)CCC1. The van der Waals surface area contributed by atoms with Gasteiger partial charge in [0.1, 0.15) is 0 Å². The second kappa shape index (κ2) is 4.06. The number of allylic oxidation sites excluding steroid dienone is 1. The molecule has 1 saturated heterocycles. The first-order valence-corrected chi connectivity index (χ1v) is 4.95. The lowest BCUT2D eigenvalue weighted by molar-refractivity contribution is 0.0232. The zero-order valence-electron chi connectivity index (χ0n) is 7.54. The molecule has 0 aromatic rings. The first-order valence-electron chi connectivity index (χ1n) is 4.95. The Balaban J connectivity index is 1.88. The number of nitrogens with zero attached hydrogens (tertiary/aromatic N) is 1. The van der Waals surface area contributed by atoms with Crippen LogP contribution in [-0.4, -0.2) is 37.2 Å². The van der Waals surface area contributed by atoms with Gasteiger partial charge in [-0.05, 0) is 19.3 Å². The molecule has 0 spiro atoms. The predicted molar refractivity (Wildman–Crippen MR) is 49.2 cm³/mol. The fourth-order valence-electron chi connectivity index (χ4n) is 2.01. The van der Waals surface area contributed by atoms with Crippen molar-refractivity contribution in [2.45, 2.75) is 25.3 Å². The Bertz CT molecular complexity index is 161. The highest BCUT2D eigenvalue weighted by molar-refractivity contribution is 4.98. The van der Waals surface area contributed by atoms with Crippen LogP contribution in [0.5, 0.6) is 0 Å². The van der Waals surface area contributed by atoms with Crippen LogP contribution in [0.1, 0.15) is 19.3 Å². The second-order valence-corrected chi connectivity index (χ2v) is 3.57. The van der Waals surface area contributed by atoms with Crippen LogP contribution in [0.3, 0.4) is 0 Å². The van der Waals surface area contributed by atoms with Crippen LogP contribution in [0.2, 0.25) is 0 Å². The van der Waals surface area contributed by atoms with E-state index >= 15 is 0 Å². The van der Waals surface area contributed by atoms with Crippen LogP contribution in [0.25, 0.3) is 0 Å². The third kappa shape index (κ3) is 1.87. The Morgan fingerprint density at radius 1 is 1.25 bits per heavy atom. The molecule has 2 rings (SSSR count). The van der Waals surface area contributed by atoms with Gasteiger partial charge < -0.3 is 4.74 Å². The van der Waals surface area contributed by atoms with E-state index in [0.29, 0.717) is 6.04 Å². The first kappa shape index (κ1) is 8.27. The number of ether oxygens (including phenoxy) is 1. The Morgan fingerprint density at radius 3 is 2.75 bits per heavy atom. The summed E-state index contributed by atoms with van der Waals surface area (Å²) in [5.74, 6) is 0. The van der Waals surface area contributed by atoms with Gasteiger partial charge in [0.05, 0.1) is 13.2 Å². The molecule has 0 aromatic heterocycles. The molecule has 2 nitrogen and oxygen atoms in total. The van der Waals surface area contributed by atoms with E-state index in [-0.39, 0.29) is 0 Å². The summed E-state index contributed by atoms with van der Waals surface area (Å²) in [4.78, 5) is 2.54. The number of morpholine rings is 1. The average molecular weight is 167 g/mol. The predicted octanol–water partition coefficient (Wildman–Crippen LogP) is 1.43. The van der Waals surface area contributed by atoms with Crippen LogP contribution in [0.4, 0.5) is 0 Å². The molecular formula is C10H17NO. The van der Waals surface area contributed by atoms with E-state index < -0.39 is 0 Å². The molecule has 0 amide bonds. The highest BCUT2D eigenvalue weighted by Crippen LogP contribution is 2.17. The third-order valence-corrected chi connectivity index (χ3v) is 2.74. The van der Waals surface area contributed by atoms with E-state index in [1.165, 1.54) is 19.3 Å². The lowest BCUT2D eigenvalue weighted by atomic mass is 10.0. The van der Waals surface area contributed by atoms with Gasteiger partial charge in [-0.3, -0.25) is 4.90 Å². The van der Waals surface area contributed by atoms with Gasteiger partial charge in [-0.15, -0.1) is 0 Å². The normalized spacial score (nSPS) is 32.2. The fraction of sp³-hybridized carbons (Fsp3) is 0.800. The summed E-state index contributed by atoms with van der Waals surface area (Å²) in [6.07, 6.45) is 8.67. The zero-order chi connectivity index (χ0) is 8.23. The van der Waals surface area contributed by atoms with Gasteiger partial charge in [0.25, 0.3) is 0 Å². The third-order valence-electron chi connectivity index (χ3n) is 2.74.